The van der Waals surface area contributed by atoms with E-state index in [1.807, 2.05) is 0 Å². The van der Waals surface area contributed by atoms with Gasteiger partial charge in [0.1, 0.15) is 16.8 Å². The SMILES string of the molecule is C=CCN(C(=O)CCc1ccc(C(=O)Oc2ccc(C(=N)N)cc2F)s1)[C@@H](CC(=O)O)C(=O)O. The Kier molecular flexibility index (Phi) is 9.01. The summed E-state index contributed by atoms with van der Waals surface area (Å²) in [4.78, 5) is 49.1. The zero-order valence-electron chi connectivity index (χ0n) is 17.8. The molecule has 0 spiro atoms. The van der Waals surface area contributed by atoms with Crippen molar-refractivity contribution in [3.63, 3.8) is 0 Å². The minimum atomic E-state index is -1.54. The summed E-state index contributed by atoms with van der Waals surface area (Å²) in [6.07, 6.45) is 0.573. The van der Waals surface area contributed by atoms with Gasteiger partial charge in [0.2, 0.25) is 5.91 Å². The first kappa shape index (κ1) is 26.2. The first-order valence-electron chi connectivity index (χ1n) is 9.83. The van der Waals surface area contributed by atoms with Crippen molar-refractivity contribution in [2.24, 2.45) is 5.73 Å². The number of nitrogens with one attached hydrogen (secondary N) is 1. The van der Waals surface area contributed by atoms with Crippen molar-refractivity contribution >= 4 is 41.0 Å². The molecule has 1 aromatic carbocycles. The fraction of sp³-hybridized carbons (Fsp3) is 0.227. The van der Waals surface area contributed by atoms with Gasteiger partial charge in [-0.15, -0.1) is 17.9 Å². The number of carbonyl (C=O) groups is 4. The largest absolute Gasteiger partial charge is 0.481 e. The molecule has 1 amide bonds. The Labute approximate surface area is 197 Å². The third-order valence-electron chi connectivity index (χ3n) is 4.57. The maximum Gasteiger partial charge on any atom is 0.353 e. The number of ether oxygens (including phenoxy) is 1. The predicted octanol–water partition coefficient (Wildman–Crippen LogP) is 2.27. The second-order valence-electron chi connectivity index (χ2n) is 7.00. The lowest BCUT2D eigenvalue weighted by Crippen LogP contribution is -2.46. The zero-order valence-corrected chi connectivity index (χ0v) is 18.6. The summed E-state index contributed by atoms with van der Waals surface area (Å²) in [5, 5.41) is 25.6. The maximum absolute atomic E-state index is 14.1. The minimum absolute atomic E-state index is 0.132. The van der Waals surface area contributed by atoms with E-state index in [2.05, 4.69) is 6.58 Å². The van der Waals surface area contributed by atoms with Gasteiger partial charge in [0.25, 0.3) is 0 Å². The van der Waals surface area contributed by atoms with Crippen LogP contribution in [-0.4, -0.2) is 57.4 Å². The molecule has 1 heterocycles. The second kappa shape index (κ2) is 11.7. The first-order valence-corrected chi connectivity index (χ1v) is 10.6. The fourth-order valence-electron chi connectivity index (χ4n) is 2.94. The molecule has 0 saturated carbocycles. The summed E-state index contributed by atoms with van der Waals surface area (Å²) >= 11 is 1.01. The number of aryl methyl sites for hydroxylation is 1. The van der Waals surface area contributed by atoms with Crippen LogP contribution < -0.4 is 10.5 Å². The van der Waals surface area contributed by atoms with Crippen LogP contribution in [0.2, 0.25) is 0 Å². The summed E-state index contributed by atoms with van der Waals surface area (Å²) in [6, 6.07) is 4.97. The molecule has 10 nitrogen and oxygen atoms in total. The number of carboxylic acids is 2. The number of benzene rings is 1. The Balaban J connectivity index is 2.04. The smallest absolute Gasteiger partial charge is 0.353 e. The van der Waals surface area contributed by atoms with Gasteiger partial charge >= 0.3 is 17.9 Å². The molecule has 0 aliphatic carbocycles. The summed E-state index contributed by atoms with van der Waals surface area (Å²) in [7, 11) is 0. The number of esters is 1. The van der Waals surface area contributed by atoms with Crippen LogP contribution in [-0.2, 0) is 20.8 Å². The highest BCUT2D eigenvalue weighted by molar-refractivity contribution is 7.13. The Morgan fingerprint density at radius 3 is 2.50 bits per heavy atom. The van der Waals surface area contributed by atoms with Crippen LogP contribution in [0.5, 0.6) is 5.75 Å². The van der Waals surface area contributed by atoms with Gasteiger partial charge in [-0.2, -0.15) is 0 Å². The molecular weight excluding hydrogens is 469 g/mol. The van der Waals surface area contributed by atoms with E-state index in [1.165, 1.54) is 24.3 Å². The van der Waals surface area contributed by atoms with E-state index < -0.39 is 42.1 Å². The highest BCUT2D eigenvalue weighted by atomic mass is 32.1. The average Bonchev–Trinajstić information content (AvgIpc) is 3.24. The van der Waals surface area contributed by atoms with Gasteiger partial charge in [-0.3, -0.25) is 15.0 Å². The molecule has 2 aromatic rings. The number of hydrogen-bond donors (Lipinski definition) is 4. The molecule has 0 unspecified atom stereocenters. The van der Waals surface area contributed by atoms with Crippen molar-refractivity contribution < 1.29 is 38.5 Å². The van der Waals surface area contributed by atoms with Crippen LogP contribution >= 0.6 is 11.3 Å². The monoisotopic (exact) mass is 491 g/mol. The molecule has 12 heteroatoms. The number of nitrogens with two attached hydrogens (primary N) is 1. The lowest BCUT2D eigenvalue weighted by Gasteiger charge is -2.27. The predicted molar refractivity (Wildman–Crippen MR) is 121 cm³/mol. The Bertz CT molecular complexity index is 1130. The van der Waals surface area contributed by atoms with E-state index in [9.17, 15) is 28.7 Å². The van der Waals surface area contributed by atoms with Crippen LogP contribution in [0.4, 0.5) is 4.39 Å². The average molecular weight is 491 g/mol. The molecule has 1 atom stereocenters. The number of nitrogen functional groups attached to an aromatic ring is 1. The number of halogens is 1. The molecule has 0 bridgehead atoms. The van der Waals surface area contributed by atoms with Crippen molar-refractivity contribution in [1.82, 2.24) is 4.90 Å². The molecule has 0 aliphatic heterocycles. The quantitative estimate of drug-likeness (QED) is 0.115. The number of carbonyl (C=O) groups excluding carboxylic acids is 2. The maximum atomic E-state index is 14.1. The Morgan fingerprint density at radius 2 is 1.94 bits per heavy atom. The fourth-order valence-corrected chi connectivity index (χ4v) is 3.82. The van der Waals surface area contributed by atoms with Gasteiger partial charge in [0.15, 0.2) is 11.6 Å². The van der Waals surface area contributed by atoms with E-state index >= 15 is 0 Å². The van der Waals surface area contributed by atoms with E-state index in [-0.39, 0.29) is 41.4 Å². The van der Waals surface area contributed by atoms with Crippen molar-refractivity contribution in [2.75, 3.05) is 6.54 Å². The van der Waals surface area contributed by atoms with E-state index in [4.69, 9.17) is 21.0 Å². The molecule has 0 saturated heterocycles. The van der Waals surface area contributed by atoms with Crippen LogP contribution in [0, 0.1) is 11.2 Å². The lowest BCUT2D eigenvalue weighted by molar-refractivity contribution is -0.154. The number of carboxylic acid groups (broad SMARTS) is 2. The van der Waals surface area contributed by atoms with Gasteiger partial charge < -0.3 is 25.6 Å². The zero-order chi connectivity index (χ0) is 25.4. The molecule has 180 valence electrons. The highest BCUT2D eigenvalue weighted by Crippen LogP contribution is 2.23. The third kappa shape index (κ3) is 6.97. The number of amides is 1. The van der Waals surface area contributed by atoms with Crippen LogP contribution in [0.3, 0.4) is 0 Å². The van der Waals surface area contributed by atoms with E-state index in [1.54, 1.807) is 6.07 Å². The molecule has 0 aliphatic rings. The molecule has 5 N–H and O–H groups in total. The first-order chi connectivity index (χ1) is 16.0. The number of amidine groups is 1. The number of aliphatic carboxylic acids is 2. The van der Waals surface area contributed by atoms with Crippen LogP contribution in [0.15, 0.2) is 43.0 Å². The molecular formula is C22H22FN3O7S. The van der Waals surface area contributed by atoms with Crippen molar-refractivity contribution in [2.45, 2.75) is 25.3 Å². The lowest BCUT2D eigenvalue weighted by atomic mass is 10.1. The molecule has 2 rings (SSSR count). The molecule has 0 fully saturated rings. The van der Waals surface area contributed by atoms with Crippen molar-refractivity contribution in [1.29, 1.82) is 5.41 Å². The summed E-state index contributed by atoms with van der Waals surface area (Å²) in [5.74, 6) is -5.74. The van der Waals surface area contributed by atoms with E-state index in [0.29, 0.717) is 4.88 Å². The number of nitrogens with zero attached hydrogens (tertiary/aromatic N) is 1. The Morgan fingerprint density at radius 1 is 1.24 bits per heavy atom. The number of rotatable bonds is 12. The second-order valence-corrected chi connectivity index (χ2v) is 8.17. The van der Waals surface area contributed by atoms with Crippen molar-refractivity contribution in [3.05, 3.63) is 64.1 Å². The molecule has 1 aromatic heterocycles. The van der Waals surface area contributed by atoms with Gasteiger partial charge in [-0.05, 0) is 36.8 Å². The van der Waals surface area contributed by atoms with Crippen molar-refractivity contribution in [3.8, 4) is 5.75 Å². The van der Waals surface area contributed by atoms with E-state index in [0.717, 1.165) is 22.3 Å². The van der Waals surface area contributed by atoms with Gasteiger partial charge in [-0.1, -0.05) is 6.08 Å². The number of hydrogen-bond acceptors (Lipinski definition) is 7. The summed E-state index contributed by atoms with van der Waals surface area (Å²) < 4.78 is 19.1. The van der Waals surface area contributed by atoms with Crippen LogP contribution in [0.25, 0.3) is 0 Å². The highest BCUT2D eigenvalue weighted by Gasteiger charge is 2.30. The third-order valence-corrected chi connectivity index (χ3v) is 5.69. The Hall–Kier alpha value is -4.06. The standard InChI is InChI=1S/C22H22FN3O7S/c1-2-9-26(15(21(30)31)11-19(28)29)18(27)8-5-13-4-7-17(34-13)22(32)33-16-6-3-12(20(24)25)10-14(16)23/h2-4,6-7,10,15H,1,5,8-9,11H2,(H3,24,25)(H,28,29)(H,30,31)/t15-/m0/s1. The van der Waals surface area contributed by atoms with Gasteiger partial charge in [0.05, 0.1) is 6.42 Å². The topological polar surface area (TPSA) is 171 Å². The minimum Gasteiger partial charge on any atom is -0.481 e. The summed E-state index contributed by atoms with van der Waals surface area (Å²) in [5.41, 5.74) is 5.43. The van der Waals surface area contributed by atoms with Crippen LogP contribution in [0.1, 0.15) is 33.0 Å². The normalized spacial score (nSPS) is 11.3. The van der Waals surface area contributed by atoms with Gasteiger partial charge in [0, 0.05) is 23.4 Å². The number of thiophene rings is 1. The molecule has 34 heavy (non-hydrogen) atoms. The molecule has 0 radical (unpaired) electrons. The van der Waals surface area contributed by atoms with Gasteiger partial charge in [-0.25, -0.2) is 14.0 Å². The summed E-state index contributed by atoms with van der Waals surface area (Å²) in [6.45, 7) is 3.33.